The molecule has 0 saturated heterocycles. The van der Waals surface area contributed by atoms with E-state index in [2.05, 4.69) is 23.1 Å². The van der Waals surface area contributed by atoms with Crippen LogP contribution in [-0.2, 0) is 19.3 Å². The van der Waals surface area contributed by atoms with Crippen LogP contribution in [0.15, 0.2) is 56.0 Å². The monoisotopic (exact) mass is 536 g/mol. The molecule has 11 heteroatoms. The molecule has 5 rings (SSSR count). The fraction of sp³-hybridized carbons (Fsp3) is 0.250. The van der Waals surface area contributed by atoms with E-state index in [0.29, 0.717) is 11.1 Å². The second-order valence-corrected chi connectivity index (χ2v) is 11.0. The molecule has 182 valence electrons. The van der Waals surface area contributed by atoms with Crippen LogP contribution >= 0.6 is 34.4 Å². The third-order valence-electron chi connectivity index (χ3n) is 5.64. The van der Waals surface area contributed by atoms with Crippen molar-refractivity contribution in [2.24, 2.45) is 0 Å². The molecule has 0 unspecified atom stereocenters. The molecule has 5 nitrogen and oxygen atoms in total. The Kier molecular flexibility index (Phi) is 6.18. The van der Waals surface area contributed by atoms with Crippen molar-refractivity contribution in [1.82, 2.24) is 4.57 Å². The lowest BCUT2D eigenvalue weighted by atomic mass is 10.2. The van der Waals surface area contributed by atoms with E-state index in [1.165, 1.54) is 34.3 Å². The first-order chi connectivity index (χ1) is 16.7. The third kappa shape index (κ3) is 4.48. The number of alkyl halides is 3. The van der Waals surface area contributed by atoms with Crippen molar-refractivity contribution in [2.75, 3.05) is 11.9 Å². The van der Waals surface area contributed by atoms with E-state index in [-0.39, 0.29) is 17.9 Å². The van der Waals surface area contributed by atoms with Gasteiger partial charge in [0.2, 0.25) is 12.3 Å². The summed E-state index contributed by atoms with van der Waals surface area (Å²) in [5.74, 6) is -0.800. The summed E-state index contributed by atoms with van der Waals surface area (Å²) in [5.41, 5.74) is 2.19. The van der Waals surface area contributed by atoms with Gasteiger partial charge in [0.25, 0.3) is 10.6 Å². The van der Waals surface area contributed by atoms with Gasteiger partial charge < -0.3 is 9.32 Å². The van der Waals surface area contributed by atoms with Crippen molar-refractivity contribution in [3.8, 4) is 0 Å². The molecule has 3 aromatic heterocycles. The summed E-state index contributed by atoms with van der Waals surface area (Å²) in [7, 11) is 1.97. The quantitative estimate of drug-likeness (QED) is 0.363. The van der Waals surface area contributed by atoms with Gasteiger partial charge >= 0.3 is 6.18 Å². The zero-order chi connectivity index (χ0) is 24.9. The second kappa shape index (κ2) is 9.03. The first-order valence-electron chi connectivity index (χ1n) is 10.8. The van der Waals surface area contributed by atoms with Gasteiger partial charge in [-0.05, 0) is 43.7 Å². The zero-order valence-corrected chi connectivity index (χ0v) is 21.5. The minimum atomic E-state index is -4.52. The molecule has 0 bridgehead atoms. The molecule has 1 aliphatic heterocycles. The van der Waals surface area contributed by atoms with Gasteiger partial charge in [-0.15, -0.1) is 11.3 Å². The van der Waals surface area contributed by atoms with Crippen LogP contribution in [0.1, 0.15) is 29.0 Å². The lowest BCUT2D eigenvalue weighted by molar-refractivity contribution is -0.686. The number of rotatable bonds is 4. The number of anilines is 1. The van der Waals surface area contributed by atoms with E-state index in [0.717, 1.165) is 31.3 Å². The lowest BCUT2D eigenvalue weighted by Crippen LogP contribution is -2.36. The van der Waals surface area contributed by atoms with Crippen LogP contribution in [0.5, 0.6) is 0 Å². The highest BCUT2D eigenvalue weighted by Crippen LogP contribution is 2.45. The predicted octanol–water partition coefficient (Wildman–Crippen LogP) is 4.38. The number of thioether (sulfide) groups is 1. The normalized spacial score (nSPS) is 15.8. The molecule has 35 heavy (non-hydrogen) atoms. The molecule has 0 N–H and O–H groups in total. The highest BCUT2D eigenvalue weighted by Gasteiger charge is 2.35. The fourth-order valence-electron chi connectivity index (χ4n) is 3.88. The van der Waals surface area contributed by atoms with Gasteiger partial charge in [-0.2, -0.15) is 17.7 Å². The molecule has 0 amide bonds. The van der Waals surface area contributed by atoms with Crippen LogP contribution in [0.25, 0.3) is 11.1 Å². The van der Waals surface area contributed by atoms with Gasteiger partial charge in [-0.1, -0.05) is 29.2 Å². The summed E-state index contributed by atoms with van der Waals surface area (Å²) < 4.78 is 48.7. The number of benzene rings is 1. The minimum absolute atomic E-state index is 0.0495. The lowest BCUT2D eigenvalue weighted by Gasteiger charge is -2.12. The van der Waals surface area contributed by atoms with Crippen molar-refractivity contribution < 1.29 is 22.2 Å². The van der Waals surface area contributed by atoms with E-state index in [9.17, 15) is 18.0 Å². The van der Waals surface area contributed by atoms with Crippen molar-refractivity contribution in [1.29, 1.82) is 0 Å². The number of fused-ring (bicyclic) bond motifs is 1. The summed E-state index contributed by atoms with van der Waals surface area (Å²) in [4.78, 5) is 16.5. The highest BCUT2D eigenvalue weighted by molar-refractivity contribution is 8.08. The highest BCUT2D eigenvalue weighted by atomic mass is 32.2. The number of nitrogens with zero attached hydrogens (tertiary/aromatic N) is 3. The Morgan fingerprint density at radius 3 is 2.71 bits per heavy atom. The predicted molar refractivity (Wildman–Crippen MR) is 133 cm³/mol. The first kappa shape index (κ1) is 24.0. The first-order valence-corrected chi connectivity index (χ1v) is 13.3. The van der Waals surface area contributed by atoms with Gasteiger partial charge in [-0.25, -0.2) is 0 Å². The molecule has 4 heterocycles. The number of halogens is 3. The molecular weight excluding hydrogens is 515 g/mol. The van der Waals surface area contributed by atoms with E-state index < -0.39 is 11.9 Å². The molecule has 1 aromatic carbocycles. The largest absolute Gasteiger partial charge is 0.450 e. The van der Waals surface area contributed by atoms with Crippen LogP contribution < -0.4 is 24.2 Å². The van der Waals surface area contributed by atoms with Gasteiger partial charge in [0.15, 0.2) is 12.0 Å². The SMILES string of the molecule is CCn1c(=O)/c(=C2\Sc3cc(C)ccc3N2C)s/c1=C\c1scc[n+]1Cc1ccc(C(F)(F)F)o1. The van der Waals surface area contributed by atoms with Gasteiger partial charge in [-0.3, -0.25) is 9.36 Å². The van der Waals surface area contributed by atoms with E-state index >= 15 is 0 Å². The Balaban J connectivity index is 1.55. The van der Waals surface area contributed by atoms with E-state index in [1.54, 1.807) is 22.5 Å². The molecule has 0 atom stereocenters. The van der Waals surface area contributed by atoms with Crippen molar-refractivity contribution in [3.05, 3.63) is 83.5 Å². The molecule has 0 aliphatic carbocycles. The minimum Gasteiger partial charge on any atom is -0.450 e. The van der Waals surface area contributed by atoms with Gasteiger partial charge in [0.05, 0.1) is 17.1 Å². The Morgan fingerprint density at radius 2 is 2.00 bits per heavy atom. The summed E-state index contributed by atoms with van der Waals surface area (Å²) in [6, 6.07) is 8.53. The molecule has 0 radical (unpaired) electrons. The van der Waals surface area contributed by atoms with Crippen molar-refractivity contribution >= 4 is 51.2 Å². The van der Waals surface area contributed by atoms with Crippen LogP contribution in [0, 0.1) is 6.92 Å². The molecule has 1 aliphatic rings. The van der Waals surface area contributed by atoms with Crippen molar-refractivity contribution in [2.45, 2.75) is 38.0 Å². The second-order valence-electron chi connectivity index (χ2n) is 8.03. The maximum absolute atomic E-state index is 13.3. The maximum atomic E-state index is 13.3. The number of hydrogen-bond donors (Lipinski definition) is 0. The average molecular weight is 537 g/mol. The maximum Gasteiger partial charge on any atom is 0.449 e. The van der Waals surface area contributed by atoms with Crippen LogP contribution in [0.4, 0.5) is 18.9 Å². The summed E-state index contributed by atoms with van der Waals surface area (Å²) in [6.45, 7) is 4.63. The Morgan fingerprint density at radius 1 is 1.20 bits per heavy atom. The van der Waals surface area contributed by atoms with Gasteiger partial charge in [0, 0.05) is 18.5 Å². The van der Waals surface area contributed by atoms with Crippen LogP contribution in [0.3, 0.4) is 0 Å². The summed E-state index contributed by atoms with van der Waals surface area (Å²) >= 11 is 4.46. The van der Waals surface area contributed by atoms with Gasteiger partial charge in [0.1, 0.15) is 14.2 Å². The number of furan rings is 1. The van der Waals surface area contributed by atoms with Crippen LogP contribution in [0.2, 0.25) is 0 Å². The smallest absolute Gasteiger partial charge is 0.449 e. The molecular formula is C24H21F3N3O2S3+. The molecule has 0 saturated carbocycles. The number of thiazole rings is 2. The topological polar surface area (TPSA) is 42.3 Å². The summed E-state index contributed by atoms with van der Waals surface area (Å²) in [6.07, 6.45) is -0.809. The van der Waals surface area contributed by atoms with Crippen molar-refractivity contribution in [3.63, 3.8) is 0 Å². The zero-order valence-electron chi connectivity index (χ0n) is 19.0. The van der Waals surface area contributed by atoms with E-state index in [1.807, 2.05) is 36.9 Å². The van der Waals surface area contributed by atoms with E-state index in [4.69, 9.17) is 4.42 Å². The number of aryl methyl sites for hydroxylation is 1. The Hall–Kier alpha value is -2.76. The molecule has 0 fully saturated rings. The number of hydrogen-bond acceptors (Lipinski definition) is 6. The van der Waals surface area contributed by atoms with Crippen LogP contribution in [-0.4, -0.2) is 11.6 Å². The summed E-state index contributed by atoms with van der Waals surface area (Å²) in [5, 5.41) is 3.56. The standard InChI is InChI=1S/C24H21F3N3O2S3/c1-4-30-20(12-19-29(9-10-33-19)13-15-6-8-18(32-15)24(25,26)27)35-21(22(30)31)23-28(3)16-7-5-14(2)11-17(16)34-23/h5-12H,4,13H2,1-3H3/q+1/b23-21+. The molecule has 4 aromatic rings. The average Bonchev–Trinajstić information content (AvgIpc) is 3.56. The third-order valence-corrected chi connectivity index (χ3v) is 8.96. The number of aromatic nitrogens is 2. The Labute approximate surface area is 211 Å². The molecule has 0 spiro atoms. The Bertz CT molecular complexity index is 1590. The fourth-order valence-corrected chi connectivity index (χ4v) is 7.29.